The largest absolute Gasteiger partial charge is 0.372 e. The van der Waals surface area contributed by atoms with E-state index in [-0.39, 0.29) is 29.7 Å². The van der Waals surface area contributed by atoms with Gasteiger partial charge in [-0.3, -0.25) is 4.79 Å². The number of nitrogens with zero attached hydrogens (tertiary/aromatic N) is 3. The molecule has 1 aliphatic carbocycles. The normalized spacial score (nSPS) is 27.4. The van der Waals surface area contributed by atoms with Gasteiger partial charge in [-0.15, -0.1) is 0 Å². The third-order valence-corrected chi connectivity index (χ3v) is 4.55. The van der Waals surface area contributed by atoms with E-state index < -0.39 is 0 Å². The second-order valence-corrected chi connectivity index (χ2v) is 6.57. The van der Waals surface area contributed by atoms with Gasteiger partial charge in [-0.05, 0) is 26.7 Å². The van der Waals surface area contributed by atoms with Crippen molar-refractivity contribution in [2.24, 2.45) is 0 Å². The number of nitriles is 1. The molecular weight excluding hydrogens is 278 g/mol. The minimum absolute atomic E-state index is 0.117. The van der Waals surface area contributed by atoms with Crippen molar-refractivity contribution in [2.75, 3.05) is 20.1 Å². The minimum atomic E-state index is -0.152. The van der Waals surface area contributed by atoms with Gasteiger partial charge in [0.2, 0.25) is 0 Å². The molecule has 122 valence electrons. The van der Waals surface area contributed by atoms with Crippen molar-refractivity contribution in [3.05, 3.63) is 11.8 Å². The van der Waals surface area contributed by atoms with Crippen molar-refractivity contribution in [3.8, 4) is 6.07 Å². The van der Waals surface area contributed by atoms with Crippen LogP contribution in [0.25, 0.3) is 0 Å². The van der Waals surface area contributed by atoms with Crippen LogP contribution in [0.2, 0.25) is 0 Å². The quantitative estimate of drug-likeness (QED) is 0.593. The topological polar surface area (TPSA) is 56.6 Å². The van der Waals surface area contributed by atoms with Crippen molar-refractivity contribution >= 4 is 5.91 Å². The number of carbonyl (C=O) groups is 1. The monoisotopic (exact) mass is 305 g/mol. The molecule has 1 amide bonds. The Kier molecular flexibility index (Phi) is 5.84. The van der Waals surface area contributed by atoms with E-state index in [9.17, 15) is 10.1 Å². The molecular formula is C17H27N3O2. The molecule has 1 heterocycles. The molecule has 0 radical (unpaired) electrons. The Balaban J connectivity index is 2.04. The molecule has 1 saturated carbocycles. The third kappa shape index (κ3) is 4.23. The molecule has 2 unspecified atom stereocenters. The SMILES string of the molecule is CC1CN(/C=C(/C#N)C(=O)N(C)C2CCCCC2)CC(C)O1. The zero-order chi connectivity index (χ0) is 16.1. The lowest BCUT2D eigenvalue weighted by Crippen LogP contribution is -2.43. The first-order chi connectivity index (χ1) is 10.5. The molecule has 0 spiro atoms. The predicted octanol–water partition coefficient (Wildman–Crippen LogP) is 2.29. The van der Waals surface area contributed by atoms with Crippen LogP contribution >= 0.6 is 0 Å². The highest BCUT2D eigenvalue weighted by Gasteiger charge is 2.26. The van der Waals surface area contributed by atoms with Crippen LogP contribution in [0.4, 0.5) is 0 Å². The minimum Gasteiger partial charge on any atom is -0.372 e. The second-order valence-electron chi connectivity index (χ2n) is 6.57. The lowest BCUT2D eigenvalue weighted by Gasteiger charge is -2.35. The summed E-state index contributed by atoms with van der Waals surface area (Å²) in [5.74, 6) is -0.152. The molecule has 2 fully saturated rings. The Morgan fingerprint density at radius 1 is 1.23 bits per heavy atom. The highest BCUT2D eigenvalue weighted by molar-refractivity contribution is 5.97. The van der Waals surface area contributed by atoms with E-state index in [1.165, 1.54) is 19.3 Å². The Morgan fingerprint density at radius 3 is 2.36 bits per heavy atom. The fourth-order valence-electron chi connectivity index (χ4n) is 3.46. The Hall–Kier alpha value is -1.54. The van der Waals surface area contributed by atoms with Crippen molar-refractivity contribution in [1.29, 1.82) is 5.26 Å². The number of rotatable bonds is 3. The lowest BCUT2D eigenvalue weighted by atomic mass is 9.94. The van der Waals surface area contributed by atoms with E-state index in [2.05, 4.69) is 6.07 Å². The van der Waals surface area contributed by atoms with Gasteiger partial charge in [-0.25, -0.2) is 0 Å². The number of hydrogen-bond acceptors (Lipinski definition) is 4. The molecule has 0 bridgehead atoms. The molecule has 0 aromatic carbocycles. The van der Waals surface area contributed by atoms with Crippen molar-refractivity contribution in [1.82, 2.24) is 9.80 Å². The van der Waals surface area contributed by atoms with Gasteiger partial charge in [0, 0.05) is 32.4 Å². The van der Waals surface area contributed by atoms with E-state index in [1.807, 2.05) is 25.8 Å². The smallest absolute Gasteiger partial charge is 0.265 e. The molecule has 2 aliphatic rings. The van der Waals surface area contributed by atoms with E-state index in [0.717, 1.165) is 25.9 Å². The number of carbonyl (C=O) groups excluding carboxylic acids is 1. The van der Waals surface area contributed by atoms with Gasteiger partial charge in [0.15, 0.2) is 0 Å². The molecule has 0 aromatic rings. The highest BCUT2D eigenvalue weighted by Crippen LogP contribution is 2.23. The molecule has 1 aliphatic heterocycles. The van der Waals surface area contributed by atoms with Gasteiger partial charge in [-0.1, -0.05) is 19.3 Å². The Labute approximate surface area is 133 Å². The molecule has 0 aromatic heterocycles. The summed E-state index contributed by atoms with van der Waals surface area (Å²) in [5.41, 5.74) is 0.231. The van der Waals surface area contributed by atoms with E-state index in [4.69, 9.17) is 4.74 Å². The van der Waals surface area contributed by atoms with Crippen LogP contribution in [0.5, 0.6) is 0 Å². The molecule has 5 nitrogen and oxygen atoms in total. The van der Waals surface area contributed by atoms with Crippen LogP contribution in [-0.2, 0) is 9.53 Å². The highest BCUT2D eigenvalue weighted by atomic mass is 16.5. The lowest BCUT2D eigenvalue weighted by molar-refractivity contribution is -0.128. The Bertz CT molecular complexity index is 453. The summed E-state index contributed by atoms with van der Waals surface area (Å²) >= 11 is 0. The predicted molar refractivity (Wildman–Crippen MR) is 84.9 cm³/mol. The van der Waals surface area contributed by atoms with E-state index in [1.54, 1.807) is 11.1 Å². The van der Waals surface area contributed by atoms with Crippen molar-refractivity contribution in [2.45, 2.75) is 64.2 Å². The first-order valence-corrected chi connectivity index (χ1v) is 8.30. The van der Waals surface area contributed by atoms with Crippen LogP contribution in [0.15, 0.2) is 11.8 Å². The van der Waals surface area contributed by atoms with E-state index in [0.29, 0.717) is 0 Å². The molecule has 0 N–H and O–H groups in total. The van der Waals surface area contributed by atoms with Crippen LogP contribution in [0.1, 0.15) is 46.0 Å². The van der Waals surface area contributed by atoms with Crippen LogP contribution in [0.3, 0.4) is 0 Å². The number of morpholine rings is 1. The van der Waals surface area contributed by atoms with Crippen molar-refractivity contribution < 1.29 is 9.53 Å². The molecule has 1 saturated heterocycles. The van der Waals surface area contributed by atoms with Gasteiger partial charge >= 0.3 is 0 Å². The Morgan fingerprint density at radius 2 is 1.82 bits per heavy atom. The standard InChI is InChI=1S/C17H27N3O2/c1-13-10-20(11-14(2)22-13)12-15(9-18)17(21)19(3)16-7-5-4-6-8-16/h12-14,16H,4-8,10-11H2,1-3H3/b15-12-. The maximum absolute atomic E-state index is 12.6. The summed E-state index contributed by atoms with van der Waals surface area (Å²) in [5, 5.41) is 9.38. The van der Waals surface area contributed by atoms with Gasteiger partial charge < -0.3 is 14.5 Å². The summed E-state index contributed by atoms with van der Waals surface area (Å²) in [7, 11) is 1.83. The van der Waals surface area contributed by atoms with E-state index >= 15 is 0 Å². The number of amides is 1. The maximum Gasteiger partial charge on any atom is 0.265 e. The zero-order valence-electron chi connectivity index (χ0n) is 13.9. The van der Waals surface area contributed by atoms with Gasteiger partial charge in [0.25, 0.3) is 5.91 Å². The van der Waals surface area contributed by atoms with Crippen LogP contribution < -0.4 is 0 Å². The first-order valence-electron chi connectivity index (χ1n) is 8.30. The molecule has 22 heavy (non-hydrogen) atoms. The molecule has 2 atom stereocenters. The summed E-state index contributed by atoms with van der Waals surface area (Å²) in [4.78, 5) is 16.4. The first kappa shape index (κ1) is 16.8. The average Bonchev–Trinajstić information content (AvgIpc) is 2.51. The molecule has 2 rings (SSSR count). The summed E-state index contributed by atoms with van der Waals surface area (Å²) in [6, 6.07) is 2.36. The molecule has 5 heteroatoms. The fourth-order valence-corrected chi connectivity index (χ4v) is 3.46. The summed E-state index contributed by atoms with van der Waals surface area (Å²) in [6.07, 6.45) is 7.65. The number of ether oxygens (including phenoxy) is 1. The third-order valence-electron chi connectivity index (χ3n) is 4.55. The number of hydrogen-bond donors (Lipinski definition) is 0. The van der Waals surface area contributed by atoms with Gasteiger partial charge in [0.05, 0.1) is 12.2 Å². The van der Waals surface area contributed by atoms with Crippen LogP contribution in [0, 0.1) is 11.3 Å². The van der Waals surface area contributed by atoms with Gasteiger partial charge in [0.1, 0.15) is 11.6 Å². The maximum atomic E-state index is 12.6. The number of likely N-dealkylation sites (N-methyl/N-ethyl adjacent to an activating group) is 1. The van der Waals surface area contributed by atoms with Gasteiger partial charge in [-0.2, -0.15) is 5.26 Å². The van der Waals surface area contributed by atoms with Crippen molar-refractivity contribution in [3.63, 3.8) is 0 Å². The van der Waals surface area contributed by atoms with Crippen LogP contribution in [-0.4, -0.2) is 54.1 Å². The fraction of sp³-hybridized carbons (Fsp3) is 0.765. The summed E-state index contributed by atoms with van der Waals surface area (Å²) < 4.78 is 5.69. The average molecular weight is 305 g/mol. The summed E-state index contributed by atoms with van der Waals surface area (Å²) in [6.45, 7) is 5.46. The second kappa shape index (κ2) is 7.64. The zero-order valence-corrected chi connectivity index (χ0v) is 13.9.